The van der Waals surface area contributed by atoms with Crippen molar-refractivity contribution in [3.63, 3.8) is 0 Å². The summed E-state index contributed by atoms with van der Waals surface area (Å²) in [5.74, 6) is 0.504. The quantitative estimate of drug-likeness (QED) is 0.562. The van der Waals surface area contributed by atoms with Gasteiger partial charge in [0.25, 0.3) is 0 Å². The molecule has 1 atom stereocenters. The van der Waals surface area contributed by atoms with Gasteiger partial charge in [-0.1, -0.05) is 96.8 Å². The van der Waals surface area contributed by atoms with Gasteiger partial charge in [0.15, 0.2) is 0 Å². The van der Waals surface area contributed by atoms with Crippen molar-refractivity contribution in [3.8, 4) is 0 Å². The third-order valence-electron chi connectivity index (χ3n) is 6.38. The molecule has 1 fully saturated rings. The van der Waals surface area contributed by atoms with E-state index in [0.717, 1.165) is 6.42 Å². The zero-order chi connectivity index (χ0) is 17.5. The Morgan fingerprint density at radius 3 is 1.71 bits per heavy atom. The minimum absolute atomic E-state index is 0.167. The summed E-state index contributed by atoms with van der Waals surface area (Å²) in [4.78, 5) is 0. The van der Waals surface area contributed by atoms with Crippen molar-refractivity contribution in [1.82, 2.24) is 0 Å². The molecule has 1 rings (SSSR count). The maximum atomic E-state index is 10.2. The van der Waals surface area contributed by atoms with Crippen molar-refractivity contribution >= 4 is 0 Å². The fourth-order valence-corrected chi connectivity index (χ4v) is 4.53. The van der Waals surface area contributed by atoms with Crippen LogP contribution in [0.5, 0.6) is 0 Å². The predicted molar refractivity (Wildman–Crippen MR) is 104 cm³/mol. The molecule has 0 bridgehead atoms. The smallest absolute Gasteiger partial charge is 0.0512 e. The maximum absolute atomic E-state index is 10.2. The van der Waals surface area contributed by atoms with Gasteiger partial charge in [-0.3, -0.25) is 0 Å². The van der Waals surface area contributed by atoms with Crippen LogP contribution in [0.1, 0.15) is 116 Å². The molecule has 1 saturated carbocycles. The van der Waals surface area contributed by atoms with Crippen LogP contribution >= 0.6 is 0 Å². The summed E-state index contributed by atoms with van der Waals surface area (Å²) in [7, 11) is 0. The summed E-state index contributed by atoms with van der Waals surface area (Å²) >= 11 is 0. The molecule has 2 nitrogen and oxygen atoms in total. The lowest BCUT2D eigenvalue weighted by molar-refractivity contribution is -0.0138. The Balaban J connectivity index is 2.67. The Labute approximate surface area is 151 Å². The van der Waals surface area contributed by atoms with Crippen LogP contribution in [0.2, 0.25) is 0 Å². The topological polar surface area (TPSA) is 40.5 Å². The standard InChI is InChI=1S/C22H44O2/c1-2-3-13-16-21-17-14-11-9-7-5-4-6-8-10-12-15-18-22(21,19-23)20-24/h21,23-24H,2-20H2,1H3. The Morgan fingerprint density at radius 1 is 0.708 bits per heavy atom. The number of hydrogen-bond donors (Lipinski definition) is 2. The second kappa shape index (κ2) is 14.1. The molecule has 0 saturated heterocycles. The van der Waals surface area contributed by atoms with E-state index in [1.807, 2.05) is 0 Å². The van der Waals surface area contributed by atoms with Crippen LogP contribution < -0.4 is 0 Å². The van der Waals surface area contributed by atoms with Gasteiger partial charge >= 0.3 is 0 Å². The number of hydrogen-bond acceptors (Lipinski definition) is 2. The van der Waals surface area contributed by atoms with Crippen molar-refractivity contribution in [1.29, 1.82) is 0 Å². The molecule has 0 amide bonds. The fraction of sp³-hybridized carbons (Fsp3) is 1.00. The van der Waals surface area contributed by atoms with Crippen molar-refractivity contribution in [3.05, 3.63) is 0 Å². The van der Waals surface area contributed by atoms with Crippen molar-refractivity contribution in [2.24, 2.45) is 11.3 Å². The third-order valence-corrected chi connectivity index (χ3v) is 6.38. The maximum Gasteiger partial charge on any atom is 0.0512 e. The summed E-state index contributed by atoms with van der Waals surface area (Å²) < 4.78 is 0. The molecule has 2 heteroatoms. The van der Waals surface area contributed by atoms with Gasteiger partial charge in [0, 0.05) is 5.41 Å². The highest BCUT2D eigenvalue weighted by Gasteiger charge is 2.36. The lowest BCUT2D eigenvalue weighted by atomic mass is 9.68. The molecule has 1 aliphatic rings. The Hall–Kier alpha value is -0.0800. The lowest BCUT2D eigenvalue weighted by Gasteiger charge is -2.39. The van der Waals surface area contributed by atoms with Gasteiger partial charge in [-0.15, -0.1) is 0 Å². The molecule has 0 spiro atoms. The SMILES string of the molecule is CCCCCC1CCCCCCCCCCCCCC1(CO)CO. The van der Waals surface area contributed by atoms with E-state index in [0.29, 0.717) is 5.92 Å². The minimum Gasteiger partial charge on any atom is -0.396 e. The summed E-state index contributed by atoms with van der Waals surface area (Å²) in [5, 5.41) is 20.3. The number of aliphatic hydroxyl groups excluding tert-OH is 2. The first kappa shape index (κ1) is 22.0. The molecule has 2 N–H and O–H groups in total. The van der Waals surface area contributed by atoms with E-state index in [4.69, 9.17) is 0 Å². The van der Waals surface area contributed by atoms with Gasteiger partial charge in [-0.05, 0) is 25.2 Å². The van der Waals surface area contributed by atoms with Crippen LogP contribution in [0.25, 0.3) is 0 Å². The van der Waals surface area contributed by atoms with Crippen molar-refractivity contribution in [2.45, 2.75) is 116 Å². The molecule has 1 aliphatic carbocycles. The van der Waals surface area contributed by atoms with Crippen LogP contribution in [0.15, 0.2) is 0 Å². The molecule has 0 radical (unpaired) electrons. The first-order chi connectivity index (χ1) is 11.8. The van der Waals surface area contributed by atoms with Gasteiger partial charge in [-0.2, -0.15) is 0 Å². The van der Waals surface area contributed by atoms with E-state index >= 15 is 0 Å². The first-order valence-electron chi connectivity index (χ1n) is 11.0. The van der Waals surface area contributed by atoms with E-state index in [1.165, 1.54) is 103 Å². The first-order valence-corrected chi connectivity index (χ1v) is 11.0. The molecular weight excluding hydrogens is 296 g/mol. The second-order valence-electron chi connectivity index (χ2n) is 8.30. The third kappa shape index (κ3) is 8.34. The predicted octanol–water partition coefficient (Wildman–Crippen LogP) is 6.24. The summed E-state index contributed by atoms with van der Waals surface area (Å²) in [6.07, 6.45) is 21.9. The Morgan fingerprint density at radius 2 is 1.21 bits per heavy atom. The summed E-state index contributed by atoms with van der Waals surface area (Å²) in [6.45, 7) is 2.59. The van der Waals surface area contributed by atoms with Crippen LogP contribution in [0, 0.1) is 11.3 Å². The molecule has 0 aliphatic heterocycles. The van der Waals surface area contributed by atoms with Crippen LogP contribution in [-0.2, 0) is 0 Å². The molecule has 0 aromatic carbocycles. The highest BCUT2D eigenvalue weighted by Crippen LogP contribution is 2.40. The van der Waals surface area contributed by atoms with Crippen molar-refractivity contribution in [2.75, 3.05) is 13.2 Å². The zero-order valence-corrected chi connectivity index (χ0v) is 16.4. The fourth-order valence-electron chi connectivity index (χ4n) is 4.53. The van der Waals surface area contributed by atoms with Gasteiger partial charge < -0.3 is 10.2 Å². The van der Waals surface area contributed by atoms with Gasteiger partial charge in [0.1, 0.15) is 0 Å². The minimum atomic E-state index is -0.228. The van der Waals surface area contributed by atoms with E-state index in [1.54, 1.807) is 0 Å². The largest absolute Gasteiger partial charge is 0.396 e. The van der Waals surface area contributed by atoms with Crippen molar-refractivity contribution < 1.29 is 10.2 Å². The summed E-state index contributed by atoms with van der Waals surface area (Å²) in [5.41, 5.74) is -0.228. The molecule has 0 heterocycles. The van der Waals surface area contributed by atoms with Gasteiger partial charge in [0.05, 0.1) is 13.2 Å². The van der Waals surface area contributed by atoms with Gasteiger partial charge in [-0.25, -0.2) is 0 Å². The molecule has 144 valence electrons. The monoisotopic (exact) mass is 340 g/mol. The van der Waals surface area contributed by atoms with E-state index in [2.05, 4.69) is 6.92 Å². The van der Waals surface area contributed by atoms with E-state index in [9.17, 15) is 10.2 Å². The average Bonchev–Trinajstić information content (AvgIpc) is 2.61. The highest BCUT2D eigenvalue weighted by atomic mass is 16.3. The van der Waals surface area contributed by atoms with Crippen LogP contribution in [0.3, 0.4) is 0 Å². The Kier molecular flexibility index (Phi) is 12.9. The lowest BCUT2D eigenvalue weighted by Crippen LogP contribution is -2.38. The zero-order valence-electron chi connectivity index (χ0n) is 16.4. The molecule has 0 aromatic heterocycles. The molecular formula is C22H44O2. The number of aliphatic hydroxyl groups is 2. The van der Waals surface area contributed by atoms with E-state index in [-0.39, 0.29) is 18.6 Å². The highest BCUT2D eigenvalue weighted by molar-refractivity contribution is 4.86. The number of unbranched alkanes of at least 4 members (excludes halogenated alkanes) is 2. The molecule has 24 heavy (non-hydrogen) atoms. The van der Waals surface area contributed by atoms with E-state index < -0.39 is 0 Å². The normalized spacial score (nSPS) is 24.9. The van der Waals surface area contributed by atoms with Gasteiger partial charge in [0.2, 0.25) is 0 Å². The molecule has 1 unspecified atom stereocenters. The van der Waals surface area contributed by atoms with Crippen LogP contribution in [0.4, 0.5) is 0 Å². The second-order valence-corrected chi connectivity index (χ2v) is 8.30. The molecule has 0 aromatic rings. The summed E-state index contributed by atoms with van der Waals surface area (Å²) in [6, 6.07) is 0. The average molecular weight is 341 g/mol. The Bertz CT molecular complexity index is 273. The van der Waals surface area contributed by atoms with Crippen LogP contribution in [-0.4, -0.2) is 23.4 Å². The number of rotatable bonds is 6.